The molecule has 1 heterocycles. The third-order valence-corrected chi connectivity index (χ3v) is 5.67. The van der Waals surface area contributed by atoms with E-state index in [-0.39, 0.29) is 24.3 Å². The summed E-state index contributed by atoms with van der Waals surface area (Å²) in [5.41, 5.74) is 2.32. The van der Waals surface area contributed by atoms with Crippen molar-refractivity contribution in [1.29, 1.82) is 0 Å². The number of hydrogen-bond donors (Lipinski definition) is 2. The topological polar surface area (TPSA) is 84.5 Å². The molecule has 2 aromatic rings. The zero-order chi connectivity index (χ0) is 20.3. The van der Waals surface area contributed by atoms with Gasteiger partial charge in [0.15, 0.2) is 0 Å². The summed E-state index contributed by atoms with van der Waals surface area (Å²) in [7, 11) is 0. The van der Waals surface area contributed by atoms with E-state index in [0.717, 1.165) is 23.3 Å². The minimum absolute atomic E-state index is 0.0105. The van der Waals surface area contributed by atoms with Gasteiger partial charge in [-0.2, -0.15) is 0 Å². The van der Waals surface area contributed by atoms with Gasteiger partial charge in [-0.1, -0.05) is 13.0 Å². The van der Waals surface area contributed by atoms with E-state index in [9.17, 15) is 14.4 Å². The molecule has 1 aromatic carbocycles. The summed E-state index contributed by atoms with van der Waals surface area (Å²) in [5.74, 6) is -0.684. The van der Waals surface area contributed by atoms with Gasteiger partial charge in [0.25, 0.3) is 5.91 Å². The number of anilines is 2. The van der Waals surface area contributed by atoms with Gasteiger partial charge in [-0.05, 0) is 56.9 Å². The predicted molar refractivity (Wildman–Crippen MR) is 110 cm³/mol. The first-order valence-corrected chi connectivity index (χ1v) is 10.3. The summed E-state index contributed by atoms with van der Waals surface area (Å²) in [6, 6.07) is 6.79. The highest BCUT2D eigenvalue weighted by Crippen LogP contribution is 2.34. The maximum absolute atomic E-state index is 12.8. The number of carbonyl (C=O) groups excluding carboxylic acids is 3. The van der Waals surface area contributed by atoms with Gasteiger partial charge in [-0.15, -0.1) is 11.3 Å². The summed E-state index contributed by atoms with van der Waals surface area (Å²) in [4.78, 5) is 38.1. The Hall–Kier alpha value is -2.67. The molecule has 3 rings (SSSR count). The molecule has 2 N–H and O–H groups in total. The Bertz CT molecular complexity index is 915. The van der Waals surface area contributed by atoms with Crippen molar-refractivity contribution in [3.63, 3.8) is 0 Å². The third-order valence-electron chi connectivity index (χ3n) is 4.61. The highest BCUT2D eigenvalue weighted by atomic mass is 32.1. The standard InChI is InChI=1S/C21H24N2O4S/c1-4-16-12(3)28-20(17(16)21(26)27-5-2)23-19(25)14-7-6-8-15(11-14)22-18(24)13-9-10-13/h6-8,11,13H,4-5,9-10H2,1-3H3,(H,22,24)(H,23,25). The van der Waals surface area contributed by atoms with E-state index in [0.29, 0.717) is 28.2 Å². The van der Waals surface area contributed by atoms with Crippen molar-refractivity contribution in [1.82, 2.24) is 0 Å². The molecule has 1 aromatic heterocycles. The largest absolute Gasteiger partial charge is 0.462 e. The lowest BCUT2D eigenvalue weighted by molar-refractivity contribution is -0.117. The Morgan fingerprint density at radius 2 is 1.93 bits per heavy atom. The highest BCUT2D eigenvalue weighted by molar-refractivity contribution is 7.16. The summed E-state index contributed by atoms with van der Waals surface area (Å²) in [6.45, 7) is 5.92. The van der Waals surface area contributed by atoms with Crippen LogP contribution in [0.25, 0.3) is 0 Å². The van der Waals surface area contributed by atoms with Gasteiger partial charge in [0, 0.05) is 22.0 Å². The molecule has 1 fully saturated rings. The Kier molecular flexibility index (Phi) is 6.14. The first-order chi connectivity index (χ1) is 13.4. The highest BCUT2D eigenvalue weighted by Gasteiger charge is 2.29. The van der Waals surface area contributed by atoms with Crippen molar-refractivity contribution >= 4 is 39.8 Å². The quantitative estimate of drug-likeness (QED) is 0.675. The van der Waals surface area contributed by atoms with E-state index < -0.39 is 5.97 Å². The predicted octanol–water partition coefficient (Wildman–Crippen LogP) is 4.40. The van der Waals surface area contributed by atoms with E-state index in [2.05, 4.69) is 10.6 Å². The van der Waals surface area contributed by atoms with E-state index in [1.165, 1.54) is 11.3 Å². The number of esters is 1. The molecule has 0 unspecified atom stereocenters. The Balaban J connectivity index is 1.81. The van der Waals surface area contributed by atoms with Gasteiger partial charge in [0.05, 0.1) is 12.2 Å². The van der Waals surface area contributed by atoms with E-state index in [1.54, 1.807) is 31.2 Å². The lowest BCUT2D eigenvalue weighted by Crippen LogP contribution is -2.16. The first-order valence-electron chi connectivity index (χ1n) is 9.46. The number of rotatable bonds is 7. The van der Waals surface area contributed by atoms with Gasteiger partial charge in [-0.25, -0.2) is 4.79 Å². The number of hydrogen-bond acceptors (Lipinski definition) is 5. The molecule has 7 heteroatoms. The van der Waals surface area contributed by atoms with Gasteiger partial charge >= 0.3 is 5.97 Å². The van der Waals surface area contributed by atoms with Gasteiger partial charge in [0.1, 0.15) is 5.00 Å². The molecule has 0 spiro atoms. The SMILES string of the molecule is CCOC(=O)c1c(NC(=O)c2cccc(NC(=O)C3CC3)c2)sc(C)c1CC. The minimum Gasteiger partial charge on any atom is -0.462 e. The van der Waals surface area contributed by atoms with Crippen LogP contribution in [0.15, 0.2) is 24.3 Å². The number of thiophene rings is 1. The zero-order valence-corrected chi connectivity index (χ0v) is 17.1. The average molecular weight is 401 g/mol. The fourth-order valence-corrected chi connectivity index (χ4v) is 4.14. The number of ether oxygens (including phenoxy) is 1. The van der Waals surface area contributed by atoms with Crippen LogP contribution in [-0.4, -0.2) is 24.4 Å². The van der Waals surface area contributed by atoms with Crippen molar-refractivity contribution in [3.8, 4) is 0 Å². The second-order valence-corrected chi connectivity index (χ2v) is 7.94. The van der Waals surface area contributed by atoms with Crippen molar-refractivity contribution < 1.29 is 19.1 Å². The number of carbonyl (C=O) groups is 3. The Morgan fingerprint density at radius 1 is 1.18 bits per heavy atom. The summed E-state index contributed by atoms with van der Waals surface area (Å²) in [5, 5.41) is 6.18. The molecule has 28 heavy (non-hydrogen) atoms. The molecule has 1 aliphatic carbocycles. The maximum Gasteiger partial charge on any atom is 0.341 e. The van der Waals surface area contributed by atoms with Crippen molar-refractivity contribution in [2.45, 2.75) is 40.0 Å². The lowest BCUT2D eigenvalue weighted by Gasteiger charge is -2.09. The second kappa shape index (κ2) is 8.56. The lowest BCUT2D eigenvalue weighted by atomic mass is 10.1. The molecule has 6 nitrogen and oxygen atoms in total. The minimum atomic E-state index is -0.426. The molecule has 0 radical (unpaired) electrons. The van der Waals surface area contributed by atoms with Crippen LogP contribution in [-0.2, 0) is 16.0 Å². The van der Waals surface area contributed by atoms with Crippen LogP contribution in [0.4, 0.5) is 10.7 Å². The van der Waals surface area contributed by atoms with Crippen LogP contribution >= 0.6 is 11.3 Å². The maximum atomic E-state index is 12.8. The number of amides is 2. The molecular weight excluding hydrogens is 376 g/mol. The molecule has 0 aliphatic heterocycles. The molecule has 1 aliphatic rings. The second-order valence-electron chi connectivity index (χ2n) is 6.71. The van der Waals surface area contributed by atoms with Crippen LogP contribution in [0.3, 0.4) is 0 Å². The summed E-state index contributed by atoms with van der Waals surface area (Å²) < 4.78 is 5.17. The Labute approximate surface area is 168 Å². The first kappa shape index (κ1) is 20.1. The number of nitrogens with one attached hydrogen (secondary N) is 2. The fraction of sp³-hybridized carbons (Fsp3) is 0.381. The van der Waals surface area contributed by atoms with Crippen LogP contribution < -0.4 is 10.6 Å². The van der Waals surface area contributed by atoms with Gasteiger partial charge in [-0.3, -0.25) is 9.59 Å². The van der Waals surface area contributed by atoms with E-state index in [4.69, 9.17) is 4.74 Å². The molecule has 148 valence electrons. The van der Waals surface area contributed by atoms with Gasteiger partial charge < -0.3 is 15.4 Å². The molecule has 2 amide bonds. The van der Waals surface area contributed by atoms with Crippen LogP contribution in [0.2, 0.25) is 0 Å². The van der Waals surface area contributed by atoms with Crippen molar-refractivity contribution in [2.24, 2.45) is 5.92 Å². The molecule has 0 atom stereocenters. The Morgan fingerprint density at radius 3 is 2.57 bits per heavy atom. The number of benzene rings is 1. The van der Waals surface area contributed by atoms with Crippen molar-refractivity contribution in [3.05, 3.63) is 45.8 Å². The van der Waals surface area contributed by atoms with E-state index >= 15 is 0 Å². The smallest absolute Gasteiger partial charge is 0.341 e. The van der Waals surface area contributed by atoms with Crippen LogP contribution in [0.5, 0.6) is 0 Å². The monoisotopic (exact) mass is 400 g/mol. The van der Waals surface area contributed by atoms with E-state index in [1.807, 2.05) is 13.8 Å². The molecule has 0 saturated heterocycles. The molecule has 1 saturated carbocycles. The van der Waals surface area contributed by atoms with Gasteiger partial charge in [0.2, 0.25) is 5.91 Å². The van der Waals surface area contributed by atoms with Crippen molar-refractivity contribution in [2.75, 3.05) is 17.2 Å². The fourth-order valence-electron chi connectivity index (χ4n) is 3.02. The van der Waals surface area contributed by atoms with Crippen LogP contribution in [0.1, 0.15) is 57.8 Å². The molecule has 0 bridgehead atoms. The number of aryl methyl sites for hydroxylation is 1. The van der Waals surface area contributed by atoms with Crippen LogP contribution in [0, 0.1) is 12.8 Å². The average Bonchev–Trinajstić information content (AvgIpc) is 3.46. The zero-order valence-electron chi connectivity index (χ0n) is 16.3. The summed E-state index contributed by atoms with van der Waals surface area (Å²) in [6.07, 6.45) is 2.51. The molecular formula is C21H24N2O4S. The summed E-state index contributed by atoms with van der Waals surface area (Å²) >= 11 is 1.37. The third kappa shape index (κ3) is 4.42. The normalized spacial score (nSPS) is 13.1.